The van der Waals surface area contributed by atoms with Gasteiger partial charge in [0.05, 0.1) is 15.9 Å². The third kappa shape index (κ3) is 4.83. The zero-order valence-corrected chi connectivity index (χ0v) is 13.9. The molecule has 1 heterocycles. The third-order valence-electron chi connectivity index (χ3n) is 3.03. The van der Waals surface area contributed by atoms with Crippen molar-refractivity contribution in [1.82, 2.24) is 4.72 Å². The maximum absolute atomic E-state index is 13.3. The number of non-ortho nitro benzene ring substituents is 1. The molecule has 7 nitrogen and oxygen atoms in total. The van der Waals surface area contributed by atoms with Crippen LogP contribution in [0.1, 0.15) is 17.7 Å². The number of nitro benzene ring substituents is 1. The van der Waals surface area contributed by atoms with E-state index in [2.05, 4.69) is 0 Å². The third-order valence-corrected chi connectivity index (χ3v) is 5.32. The number of carbonyl (C=O) groups is 1. The summed E-state index contributed by atoms with van der Waals surface area (Å²) in [5, 5.41) is 12.6. The Bertz CT molecular complexity index is 850. The lowest BCUT2D eigenvalue weighted by atomic mass is 10.2. The number of aryl methyl sites for hydroxylation is 1. The molecule has 10 heteroatoms. The summed E-state index contributed by atoms with van der Waals surface area (Å²) >= 11 is 1.54. The van der Waals surface area contributed by atoms with Crippen molar-refractivity contribution in [2.75, 3.05) is 0 Å². The molecule has 0 aliphatic heterocycles. The molecule has 128 valence electrons. The highest BCUT2D eigenvalue weighted by molar-refractivity contribution is 7.90. The fourth-order valence-corrected chi connectivity index (χ4v) is 3.76. The van der Waals surface area contributed by atoms with E-state index in [1.807, 2.05) is 17.5 Å². The molecule has 1 N–H and O–H groups in total. The summed E-state index contributed by atoms with van der Waals surface area (Å²) in [7, 11) is -4.36. The Morgan fingerprint density at radius 3 is 2.71 bits per heavy atom. The van der Waals surface area contributed by atoms with Gasteiger partial charge in [0.25, 0.3) is 15.7 Å². The van der Waals surface area contributed by atoms with Crippen molar-refractivity contribution in [3.05, 3.63) is 56.5 Å². The van der Waals surface area contributed by atoms with E-state index in [0.717, 1.165) is 4.88 Å². The molecule has 0 atom stereocenters. The summed E-state index contributed by atoms with van der Waals surface area (Å²) in [6.07, 6.45) is 1.05. The van der Waals surface area contributed by atoms with Gasteiger partial charge in [0.2, 0.25) is 5.91 Å². The number of carbonyl (C=O) groups excluding carboxylic acids is 1. The highest BCUT2D eigenvalue weighted by Gasteiger charge is 2.22. The van der Waals surface area contributed by atoms with Crippen LogP contribution in [0.5, 0.6) is 0 Å². The van der Waals surface area contributed by atoms with E-state index in [1.165, 1.54) is 11.3 Å². The molecule has 0 saturated carbocycles. The largest absolute Gasteiger partial charge is 0.274 e. The summed E-state index contributed by atoms with van der Waals surface area (Å²) in [4.78, 5) is 21.9. The van der Waals surface area contributed by atoms with E-state index in [0.29, 0.717) is 31.0 Å². The first-order valence-corrected chi connectivity index (χ1v) is 9.17. The van der Waals surface area contributed by atoms with Crippen molar-refractivity contribution in [2.24, 2.45) is 0 Å². The first-order chi connectivity index (χ1) is 11.3. The maximum Gasteiger partial charge on any atom is 0.273 e. The number of thiophene rings is 1. The Morgan fingerprint density at radius 2 is 2.08 bits per heavy atom. The Hall–Kier alpha value is -2.33. The van der Waals surface area contributed by atoms with Gasteiger partial charge in [-0.3, -0.25) is 14.9 Å². The molecule has 0 aliphatic rings. The summed E-state index contributed by atoms with van der Waals surface area (Å²) in [6.45, 7) is 0. The van der Waals surface area contributed by atoms with Crippen LogP contribution in [0.25, 0.3) is 0 Å². The van der Waals surface area contributed by atoms with Gasteiger partial charge in [-0.05, 0) is 30.4 Å². The first-order valence-electron chi connectivity index (χ1n) is 6.81. The summed E-state index contributed by atoms with van der Waals surface area (Å²) < 4.78 is 39.2. The molecule has 0 aliphatic carbocycles. The van der Waals surface area contributed by atoms with Crippen molar-refractivity contribution in [2.45, 2.75) is 24.2 Å². The second-order valence-electron chi connectivity index (χ2n) is 4.86. The molecular weight excluding hydrogens is 359 g/mol. The Labute approximate surface area is 141 Å². The van der Waals surface area contributed by atoms with Crippen LogP contribution >= 0.6 is 11.3 Å². The second kappa shape index (κ2) is 7.49. The van der Waals surface area contributed by atoms with Crippen LogP contribution in [0, 0.1) is 15.9 Å². The van der Waals surface area contributed by atoms with Crippen molar-refractivity contribution in [3.8, 4) is 0 Å². The number of hydrogen-bond acceptors (Lipinski definition) is 6. The predicted octanol–water partition coefficient (Wildman–Crippen LogP) is 2.62. The number of nitro groups is 1. The number of nitrogens with one attached hydrogen (secondary N) is 1. The van der Waals surface area contributed by atoms with Crippen LogP contribution in [0.3, 0.4) is 0 Å². The van der Waals surface area contributed by atoms with Gasteiger partial charge in [-0.15, -0.1) is 11.3 Å². The molecule has 2 aromatic rings. The lowest BCUT2D eigenvalue weighted by Crippen LogP contribution is -2.30. The van der Waals surface area contributed by atoms with Gasteiger partial charge >= 0.3 is 0 Å². The lowest BCUT2D eigenvalue weighted by Gasteiger charge is -2.07. The molecule has 1 aromatic carbocycles. The van der Waals surface area contributed by atoms with Crippen molar-refractivity contribution in [1.29, 1.82) is 0 Å². The molecule has 0 fully saturated rings. The van der Waals surface area contributed by atoms with E-state index >= 15 is 0 Å². The molecule has 2 rings (SSSR count). The highest BCUT2D eigenvalue weighted by Crippen LogP contribution is 2.20. The van der Waals surface area contributed by atoms with E-state index in [-0.39, 0.29) is 6.42 Å². The molecule has 0 saturated heterocycles. The monoisotopic (exact) mass is 372 g/mol. The number of rotatable bonds is 7. The SMILES string of the molecule is O=C(CCCc1cccs1)NS(=O)(=O)c1cc(F)cc([N+](=O)[O-])c1. The molecule has 1 amide bonds. The van der Waals surface area contributed by atoms with Gasteiger partial charge < -0.3 is 0 Å². The smallest absolute Gasteiger partial charge is 0.273 e. The highest BCUT2D eigenvalue weighted by atomic mass is 32.2. The van der Waals surface area contributed by atoms with E-state index < -0.39 is 37.3 Å². The molecule has 0 bridgehead atoms. The molecular formula is C14H13FN2O5S2. The normalized spacial score (nSPS) is 11.2. The van der Waals surface area contributed by atoms with Gasteiger partial charge in [-0.25, -0.2) is 17.5 Å². The molecule has 0 unspecified atom stereocenters. The quantitative estimate of drug-likeness (QED) is 0.594. The fraction of sp³-hybridized carbons (Fsp3) is 0.214. The maximum atomic E-state index is 13.3. The number of benzene rings is 1. The predicted molar refractivity (Wildman–Crippen MR) is 85.6 cm³/mol. The van der Waals surface area contributed by atoms with E-state index in [1.54, 1.807) is 4.72 Å². The molecule has 0 spiro atoms. The minimum Gasteiger partial charge on any atom is -0.274 e. The number of amides is 1. The molecule has 0 radical (unpaired) electrons. The van der Waals surface area contributed by atoms with Gasteiger partial charge in [0.1, 0.15) is 5.82 Å². The number of nitrogens with zero attached hydrogens (tertiary/aromatic N) is 1. The van der Waals surface area contributed by atoms with Crippen molar-refractivity contribution < 1.29 is 22.5 Å². The lowest BCUT2D eigenvalue weighted by molar-refractivity contribution is -0.385. The average molecular weight is 372 g/mol. The summed E-state index contributed by atoms with van der Waals surface area (Å²) in [5.41, 5.74) is -0.708. The standard InChI is InChI=1S/C14H13FN2O5S2/c15-10-7-11(17(19)20)9-13(8-10)24(21,22)16-14(18)5-1-3-12-4-2-6-23-12/h2,4,6-9H,1,3,5H2,(H,16,18). The van der Waals surface area contributed by atoms with Crippen molar-refractivity contribution >= 4 is 33.0 Å². The average Bonchev–Trinajstić information content (AvgIpc) is 2.99. The van der Waals surface area contributed by atoms with Crippen LogP contribution in [-0.4, -0.2) is 19.2 Å². The Balaban J connectivity index is 2.02. The van der Waals surface area contributed by atoms with Gasteiger partial charge in [0, 0.05) is 17.4 Å². The molecule has 24 heavy (non-hydrogen) atoms. The van der Waals surface area contributed by atoms with Crippen LogP contribution in [0.15, 0.2) is 40.6 Å². The number of halogens is 1. The van der Waals surface area contributed by atoms with E-state index in [4.69, 9.17) is 0 Å². The minimum atomic E-state index is -4.36. The Morgan fingerprint density at radius 1 is 1.33 bits per heavy atom. The zero-order chi connectivity index (χ0) is 17.7. The number of sulfonamides is 1. The number of hydrogen-bond donors (Lipinski definition) is 1. The van der Waals surface area contributed by atoms with Gasteiger partial charge in [-0.1, -0.05) is 6.07 Å². The van der Waals surface area contributed by atoms with Crippen LogP contribution in [-0.2, 0) is 21.2 Å². The Kier molecular flexibility index (Phi) is 5.62. The van der Waals surface area contributed by atoms with E-state index in [9.17, 15) is 27.7 Å². The second-order valence-corrected chi connectivity index (χ2v) is 7.58. The summed E-state index contributed by atoms with van der Waals surface area (Å²) in [5.74, 6) is -1.83. The van der Waals surface area contributed by atoms with Crippen LogP contribution in [0.2, 0.25) is 0 Å². The first kappa shape index (κ1) is 18.0. The zero-order valence-electron chi connectivity index (χ0n) is 12.3. The molecule has 1 aromatic heterocycles. The van der Waals surface area contributed by atoms with Gasteiger partial charge in [0.15, 0.2) is 0 Å². The summed E-state index contributed by atoms with van der Waals surface area (Å²) in [6, 6.07) is 5.70. The van der Waals surface area contributed by atoms with Gasteiger partial charge in [-0.2, -0.15) is 0 Å². The van der Waals surface area contributed by atoms with Crippen LogP contribution < -0.4 is 4.72 Å². The van der Waals surface area contributed by atoms with Crippen LogP contribution in [0.4, 0.5) is 10.1 Å². The topological polar surface area (TPSA) is 106 Å². The fourth-order valence-electron chi connectivity index (χ4n) is 1.95. The minimum absolute atomic E-state index is 0.0332. The van der Waals surface area contributed by atoms with Crippen molar-refractivity contribution in [3.63, 3.8) is 0 Å².